The molecule has 0 heterocycles. The molecule has 0 unspecified atom stereocenters. The average molecular weight is 689 g/mol. The molecule has 0 atom stereocenters. The molecule has 0 rings (SSSR count). The number of hydrogen-bond donors (Lipinski definition) is 0. The minimum atomic E-state index is -0.909. The molecule has 0 aromatic carbocycles. The van der Waals surface area contributed by atoms with E-state index in [9.17, 15) is 29.7 Å². The Bertz CT molecular complexity index is 518. The molecular weight excluding hydrogens is 612 g/mol. The van der Waals surface area contributed by atoms with Crippen LogP contribution in [0.25, 0.3) is 0 Å². The van der Waals surface area contributed by atoms with Crippen LogP contribution in [-0.4, -0.2) is 17.9 Å². The van der Waals surface area contributed by atoms with Crippen molar-refractivity contribution in [1.29, 1.82) is 0 Å². The van der Waals surface area contributed by atoms with Gasteiger partial charge in [-0.15, -0.1) is 0 Å². The van der Waals surface area contributed by atoms with Crippen LogP contribution in [-0.2, 0) is 34.8 Å². The molecule has 272 valence electrons. The van der Waals surface area contributed by atoms with Crippen LogP contribution >= 0.6 is 0 Å². The van der Waals surface area contributed by atoms with Gasteiger partial charge < -0.3 is 29.7 Å². The van der Waals surface area contributed by atoms with Crippen molar-refractivity contribution in [2.45, 2.75) is 231 Å². The molecule has 7 heteroatoms. The maximum atomic E-state index is 10.1. The Hall–Kier alpha value is -0.876. The van der Waals surface area contributed by atoms with E-state index in [1.165, 1.54) is 135 Å². The van der Waals surface area contributed by atoms with Crippen LogP contribution in [0, 0.1) is 0 Å². The van der Waals surface area contributed by atoms with E-state index < -0.39 is 17.9 Å². The van der Waals surface area contributed by atoms with E-state index in [2.05, 4.69) is 55.1 Å². The summed E-state index contributed by atoms with van der Waals surface area (Å²) in [5.74, 6) is -2.73. The van der Waals surface area contributed by atoms with Crippen molar-refractivity contribution in [2.24, 2.45) is 0 Å². The van der Waals surface area contributed by atoms with Gasteiger partial charge >= 0.3 is 38.5 Å². The van der Waals surface area contributed by atoms with Crippen LogP contribution in [0.15, 0.2) is 0 Å². The molecule has 0 bridgehead atoms. The molecule has 0 saturated heterocycles. The van der Waals surface area contributed by atoms with Gasteiger partial charge in [-0.2, -0.15) is 0 Å². The van der Waals surface area contributed by atoms with Crippen molar-refractivity contribution in [1.82, 2.24) is 0 Å². The fraction of sp³-hybridized carbons (Fsp3) is 0.923. The summed E-state index contributed by atoms with van der Waals surface area (Å²) in [4.78, 5) is 30.3. The fourth-order valence-electron chi connectivity index (χ4n) is 4.74. The van der Waals surface area contributed by atoms with Gasteiger partial charge in [-0.1, -0.05) is 175 Å². The normalized spacial score (nSPS) is 10.3. The summed E-state index contributed by atoms with van der Waals surface area (Å²) in [5, 5.41) is 30.3. The van der Waals surface area contributed by atoms with Crippen LogP contribution in [0.1, 0.15) is 227 Å². The van der Waals surface area contributed by atoms with Gasteiger partial charge in [0.2, 0.25) is 0 Å². The third-order valence-corrected chi connectivity index (χ3v) is 7.45. The van der Waals surface area contributed by atoms with Gasteiger partial charge in [-0.25, -0.2) is 0 Å². The van der Waals surface area contributed by atoms with E-state index >= 15 is 0 Å². The summed E-state index contributed by atoms with van der Waals surface area (Å²) in [6, 6.07) is 0. The Morgan fingerprint density at radius 1 is 0.370 bits per heavy atom. The zero-order valence-electron chi connectivity index (χ0n) is 31.2. The van der Waals surface area contributed by atoms with Crippen LogP contribution < -0.4 is 15.3 Å². The van der Waals surface area contributed by atoms with Crippen molar-refractivity contribution >= 4 is 17.9 Å². The molecule has 0 aromatic rings. The molecule has 0 aliphatic carbocycles. The van der Waals surface area contributed by atoms with Crippen molar-refractivity contribution < 1.29 is 50.1 Å². The zero-order valence-corrected chi connectivity index (χ0v) is 32.8. The molecule has 46 heavy (non-hydrogen) atoms. The van der Waals surface area contributed by atoms with E-state index in [0.29, 0.717) is 0 Å². The quantitative estimate of drug-likeness (QED) is 0.0548. The average Bonchev–Trinajstić information content (AvgIpc) is 2.98. The van der Waals surface area contributed by atoms with E-state index in [-0.39, 0.29) is 19.3 Å². The van der Waals surface area contributed by atoms with Crippen LogP contribution in [0.5, 0.6) is 0 Å². The summed E-state index contributed by atoms with van der Waals surface area (Å²) in [6.45, 7) is 11.0. The van der Waals surface area contributed by atoms with E-state index in [1.54, 1.807) is 0 Å². The van der Waals surface area contributed by atoms with Gasteiger partial charge in [-0.05, 0) is 38.5 Å². The Balaban J connectivity index is -0.000000271. The Morgan fingerprint density at radius 3 is 0.630 bits per heavy atom. The molecule has 0 fully saturated rings. The first-order valence-electron chi connectivity index (χ1n) is 19.4. The third-order valence-electron chi connectivity index (χ3n) is 7.45. The summed E-state index contributed by atoms with van der Waals surface area (Å²) in [6.07, 6.45) is 33.5. The molecular formula is C39H76O6Ti. The first kappa shape index (κ1) is 51.9. The number of carbonyl (C=O) groups excluding carboxylic acids is 3. The van der Waals surface area contributed by atoms with Gasteiger partial charge in [0.25, 0.3) is 0 Å². The van der Waals surface area contributed by atoms with Crippen molar-refractivity contribution in [3.63, 3.8) is 0 Å². The predicted octanol–water partition coefficient (Wildman–Crippen LogP) is 9.33. The molecule has 0 aliphatic heterocycles. The van der Waals surface area contributed by atoms with Gasteiger partial charge in [-0.3, -0.25) is 0 Å². The Morgan fingerprint density at radius 2 is 0.500 bits per heavy atom. The number of carboxylic acids is 3. The Kier molecular flexibility index (Phi) is 54.8. The molecule has 0 aliphatic rings. The SMILES string of the molecule is CCCCCCCCCCCC(=O)[O-].CCCCCCCCCCCC(=O)[O-].CCCCCCCCCCCC(=O)[O-].C[CH](C)[Ti+3]. The second kappa shape index (κ2) is 48.5. The molecule has 0 spiro atoms. The molecule has 0 saturated carbocycles. The second-order valence-corrected chi connectivity index (χ2v) is 14.8. The van der Waals surface area contributed by atoms with Crippen molar-refractivity contribution in [2.75, 3.05) is 0 Å². The van der Waals surface area contributed by atoms with Gasteiger partial charge in [0.1, 0.15) is 0 Å². The van der Waals surface area contributed by atoms with Gasteiger partial charge in [0.15, 0.2) is 0 Å². The number of unbranched alkanes of at least 4 members (excludes halogenated alkanes) is 24. The number of carboxylic acid groups (broad SMARTS) is 3. The van der Waals surface area contributed by atoms with E-state index in [1.807, 2.05) is 0 Å². The topological polar surface area (TPSA) is 120 Å². The predicted molar refractivity (Wildman–Crippen MR) is 186 cm³/mol. The van der Waals surface area contributed by atoms with Crippen molar-refractivity contribution in [3.8, 4) is 0 Å². The molecule has 0 N–H and O–H groups in total. The first-order valence-corrected chi connectivity index (χ1v) is 20.3. The Labute approximate surface area is 298 Å². The molecule has 0 amide bonds. The molecule has 0 aromatic heterocycles. The minimum absolute atomic E-state index is 0.232. The van der Waals surface area contributed by atoms with E-state index in [0.717, 1.165) is 42.7 Å². The standard InChI is InChI=1S/3C12H24O2.C3H7.Ti/c3*1-2-3-4-5-6-7-8-9-10-11-12(13)14;1-3-2;/h3*2-11H2,1H3,(H,13,14);3H,1-2H3;/q;;;;+3/p-3. The number of carbonyl (C=O) groups is 3. The molecule has 0 radical (unpaired) electrons. The summed E-state index contributed by atoms with van der Waals surface area (Å²) in [7, 11) is 0. The fourth-order valence-corrected chi connectivity index (χ4v) is 4.74. The molecule has 6 nitrogen and oxygen atoms in total. The van der Waals surface area contributed by atoms with Crippen molar-refractivity contribution in [3.05, 3.63) is 0 Å². The second-order valence-electron chi connectivity index (χ2n) is 13.0. The summed E-state index contributed by atoms with van der Waals surface area (Å²) in [5.41, 5.74) is 0. The zero-order chi connectivity index (χ0) is 35.5. The summed E-state index contributed by atoms with van der Waals surface area (Å²) < 4.78 is 0.833. The van der Waals surface area contributed by atoms with Crippen LogP contribution in [0.2, 0.25) is 4.22 Å². The number of rotatable bonds is 30. The van der Waals surface area contributed by atoms with Gasteiger partial charge in [0.05, 0.1) is 0 Å². The third kappa shape index (κ3) is 74.2. The van der Waals surface area contributed by atoms with E-state index in [4.69, 9.17) is 0 Å². The first-order chi connectivity index (χ1) is 22.0. The van der Waals surface area contributed by atoms with Crippen LogP contribution in [0.3, 0.4) is 0 Å². The van der Waals surface area contributed by atoms with Crippen LogP contribution in [0.4, 0.5) is 0 Å². The van der Waals surface area contributed by atoms with Gasteiger partial charge in [0, 0.05) is 17.9 Å². The monoisotopic (exact) mass is 689 g/mol. The summed E-state index contributed by atoms with van der Waals surface area (Å²) >= 11 is 2.17. The number of aliphatic carboxylic acids is 3. The maximum absolute atomic E-state index is 10.1. The number of hydrogen-bond acceptors (Lipinski definition) is 6.